The Labute approximate surface area is 224 Å². The maximum absolute atomic E-state index is 12.6. The van der Waals surface area contributed by atoms with Gasteiger partial charge in [-0.1, -0.05) is 19.0 Å². The zero-order valence-corrected chi connectivity index (χ0v) is 22.5. The molecule has 1 aliphatic rings. The number of carboxylic acids is 2. The Hall–Kier alpha value is -3.88. The maximum Gasteiger partial charge on any atom is 0.414 e. The van der Waals surface area contributed by atoms with Gasteiger partial charge in [0.05, 0.1) is 32.0 Å². The van der Waals surface area contributed by atoms with Gasteiger partial charge in [-0.05, 0) is 42.9 Å². The molecule has 0 fully saturated rings. The number of hydrogen-bond acceptors (Lipinski definition) is 9. The zero-order valence-electron chi connectivity index (χ0n) is 20.8. The molecular weight excluding hydrogens is 536 g/mol. The molecule has 38 heavy (non-hydrogen) atoms. The molecule has 12 nitrogen and oxygen atoms in total. The molecule has 3 aromatic rings. The van der Waals surface area contributed by atoms with E-state index in [4.69, 9.17) is 24.6 Å². The zero-order chi connectivity index (χ0) is 28.0. The Morgan fingerprint density at radius 1 is 1.16 bits per heavy atom. The van der Waals surface area contributed by atoms with Gasteiger partial charge in [-0.15, -0.1) is 11.3 Å². The lowest BCUT2D eigenvalue weighted by atomic mass is 10.1. The minimum absolute atomic E-state index is 0.0188. The van der Waals surface area contributed by atoms with Gasteiger partial charge in [0, 0.05) is 36.7 Å². The lowest BCUT2D eigenvalue weighted by Gasteiger charge is -2.16. The van der Waals surface area contributed by atoms with Gasteiger partial charge in [0.2, 0.25) is 0 Å². The highest BCUT2D eigenvalue weighted by molar-refractivity contribution is 7.86. The number of hydrogen-bond donors (Lipinski definition) is 2. The highest BCUT2D eigenvalue weighted by atomic mass is 32.2. The monoisotopic (exact) mass is 562 g/mol. The van der Waals surface area contributed by atoms with Crippen LogP contribution < -0.4 is 0 Å². The number of nitrogens with zero attached hydrogens (tertiary/aromatic N) is 4. The summed E-state index contributed by atoms with van der Waals surface area (Å²) in [7, 11) is -1.24. The average molecular weight is 563 g/mol. The Kier molecular flexibility index (Phi) is 9.50. The number of nitro groups is 1. The van der Waals surface area contributed by atoms with E-state index >= 15 is 0 Å². The van der Waals surface area contributed by atoms with Gasteiger partial charge >= 0.3 is 11.9 Å². The number of likely N-dealkylation sites (N-methyl/N-ethyl adjacent to an activating group) is 1. The summed E-state index contributed by atoms with van der Waals surface area (Å²) in [6.07, 6.45) is 3.58. The molecule has 0 spiro atoms. The van der Waals surface area contributed by atoms with E-state index in [1.165, 1.54) is 23.5 Å². The third-order valence-corrected chi connectivity index (χ3v) is 8.32. The molecule has 0 aliphatic carbocycles. The maximum atomic E-state index is 12.6. The number of nitro benzene ring substituents is 1. The van der Waals surface area contributed by atoms with Gasteiger partial charge in [0.25, 0.3) is 5.69 Å². The molecule has 4 rings (SSSR count). The first-order valence-corrected chi connectivity index (χ1v) is 13.8. The highest BCUT2D eigenvalue weighted by Crippen LogP contribution is 2.46. The predicted octanol–water partition coefficient (Wildman–Crippen LogP) is 3.43. The van der Waals surface area contributed by atoms with Crippen LogP contribution >= 0.6 is 11.3 Å². The molecule has 0 saturated heterocycles. The van der Waals surface area contributed by atoms with Crippen molar-refractivity contribution in [1.29, 1.82) is 0 Å². The summed E-state index contributed by atoms with van der Waals surface area (Å²) >= 11 is 1.43. The van der Waals surface area contributed by atoms with Crippen LogP contribution in [-0.4, -0.2) is 79.0 Å². The second kappa shape index (κ2) is 12.6. The highest BCUT2D eigenvalue weighted by Gasteiger charge is 2.34. The van der Waals surface area contributed by atoms with E-state index < -0.39 is 27.7 Å². The van der Waals surface area contributed by atoms with E-state index in [1.54, 1.807) is 18.4 Å². The van der Waals surface area contributed by atoms with Crippen molar-refractivity contribution >= 4 is 45.5 Å². The van der Waals surface area contributed by atoms with Crippen molar-refractivity contribution in [1.82, 2.24) is 9.47 Å². The number of aromatic nitrogens is 1. The summed E-state index contributed by atoms with van der Waals surface area (Å²) in [6, 6.07) is 10.3. The molecular formula is C24H26N4O8S2. The number of fused-ring (bicyclic) bond motifs is 3. The second-order valence-electron chi connectivity index (χ2n) is 7.87. The fraction of sp³-hybridized carbons (Fsp3) is 0.292. The van der Waals surface area contributed by atoms with Gasteiger partial charge < -0.3 is 24.5 Å². The molecule has 1 atom stereocenters. The van der Waals surface area contributed by atoms with Crippen LogP contribution in [0.3, 0.4) is 0 Å². The van der Waals surface area contributed by atoms with Gasteiger partial charge in [0.1, 0.15) is 16.5 Å². The molecule has 0 radical (unpaired) electrons. The van der Waals surface area contributed by atoms with Crippen LogP contribution in [0.2, 0.25) is 0 Å². The lowest BCUT2D eigenvalue weighted by molar-refractivity contribution is -0.384. The van der Waals surface area contributed by atoms with Crippen LogP contribution in [0, 0.1) is 10.1 Å². The van der Waals surface area contributed by atoms with Crippen molar-refractivity contribution < 1.29 is 33.8 Å². The number of oxime groups is 1. The SMILES string of the molecule is CCN(CC)CCO/N=C1/c2sc(S(C)=O)c(-c3ccc([N+](=O)[O-])cc3)c2-n2cccc21.O=C(O)C(=O)O. The first-order chi connectivity index (χ1) is 18.1. The molecule has 202 valence electrons. The number of thiophene rings is 1. The largest absolute Gasteiger partial charge is 0.473 e. The summed E-state index contributed by atoms with van der Waals surface area (Å²) in [5, 5.41) is 30.3. The van der Waals surface area contributed by atoms with Gasteiger partial charge in [0.15, 0.2) is 0 Å². The van der Waals surface area contributed by atoms with Crippen molar-refractivity contribution in [3.63, 3.8) is 0 Å². The minimum atomic E-state index is -1.82. The van der Waals surface area contributed by atoms with Crippen LogP contribution in [0.15, 0.2) is 52.0 Å². The molecule has 3 heterocycles. The smallest absolute Gasteiger partial charge is 0.414 e. The molecule has 0 saturated carbocycles. The fourth-order valence-electron chi connectivity index (χ4n) is 3.79. The van der Waals surface area contributed by atoms with Crippen LogP contribution in [0.25, 0.3) is 16.8 Å². The van der Waals surface area contributed by atoms with Crippen LogP contribution in [-0.2, 0) is 25.2 Å². The fourth-order valence-corrected chi connectivity index (χ4v) is 6.05. The van der Waals surface area contributed by atoms with Crippen molar-refractivity contribution in [2.24, 2.45) is 5.16 Å². The topological polar surface area (TPSA) is 165 Å². The normalized spacial score (nSPS) is 13.4. The summed E-state index contributed by atoms with van der Waals surface area (Å²) in [4.78, 5) is 37.7. The number of aliphatic carboxylic acids is 2. The summed E-state index contributed by atoms with van der Waals surface area (Å²) < 4.78 is 15.3. The number of carbonyl (C=O) groups is 2. The molecule has 1 aromatic carbocycles. The summed E-state index contributed by atoms with van der Waals surface area (Å²) in [5.74, 6) is -3.65. The predicted molar refractivity (Wildman–Crippen MR) is 143 cm³/mol. The van der Waals surface area contributed by atoms with Crippen molar-refractivity contribution in [3.05, 3.63) is 63.3 Å². The van der Waals surface area contributed by atoms with Crippen LogP contribution in [0.4, 0.5) is 5.69 Å². The Bertz CT molecular complexity index is 1380. The van der Waals surface area contributed by atoms with Crippen LogP contribution in [0.1, 0.15) is 24.4 Å². The van der Waals surface area contributed by atoms with E-state index in [1.807, 2.05) is 22.9 Å². The number of rotatable bonds is 9. The van der Waals surface area contributed by atoms with Gasteiger partial charge in [-0.2, -0.15) is 0 Å². The second-order valence-corrected chi connectivity index (χ2v) is 10.5. The van der Waals surface area contributed by atoms with E-state index in [9.17, 15) is 14.3 Å². The Balaban J connectivity index is 0.000000599. The van der Waals surface area contributed by atoms with Crippen molar-refractivity contribution in [2.75, 3.05) is 32.5 Å². The third-order valence-electron chi connectivity index (χ3n) is 5.66. The Morgan fingerprint density at radius 2 is 1.79 bits per heavy atom. The summed E-state index contributed by atoms with van der Waals surface area (Å²) in [5.41, 5.74) is 4.12. The average Bonchev–Trinajstić information content (AvgIpc) is 3.57. The number of non-ortho nitro benzene ring substituents is 1. The van der Waals surface area contributed by atoms with Gasteiger partial charge in [-0.3, -0.25) is 14.3 Å². The first kappa shape index (κ1) is 28.7. The van der Waals surface area contributed by atoms with E-state index in [0.717, 1.165) is 52.7 Å². The molecule has 14 heteroatoms. The standard InChI is InChI=1S/C22H24N4O4S2.C2H2O4/c1-4-24(5-2)13-14-30-23-19-17-7-6-12-25(17)20-18(22(32(3)29)31-21(19)20)15-8-10-16(11-9-15)26(27)28;3-1(4)2(5)6/h6-12H,4-5,13-14H2,1-3H3;(H,3,4)(H,5,6)/b23-19+;. The molecule has 2 aromatic heterocycles. The first-order valence-electron chi connectivity index (χ1n) is 11.4. The van der Waals surface area contributed by atoms with Gasteiger partial charge in [-0.25, -0.2) is 9.59 Å². The van der Waals surface area contributed by atoms with Crippen LogP contribution in [0.5, 0.6) is 0 Å². The summed E-state index contributed by atoms with van der Waals surface area (Å²) in [6.45, 7) is 7.42. The number of benzene rings is 1. The molecule has 0 bridgehead atoms. The molecule has 1 aliphatic heterocycles. The molecule has 2 N–H and O–H groups in total. The van der Waals surface area contributed by atoms with E-state index in [0.29, 0.717) is 10.8 Å². The molecule has 0 amide bonds. The van der Waals surface area contributed by atoms with Crippen molar-refractivity contribution in [3.8, 4) is 16.8 Å². The van der Waals surface area contributed by atoms with E-state index in [-0.39, 0.29) is 5.69 Å². The van der Waals surface area contributed by atoms with Crippen molar-refractivity contribution in [2.45, 2.75) is 18.1 Å². The quantitative estimate of drug-likeness (QED) is 0.135. The van der Waals surface area contributed by atoms with E-state index in [2.05, 4.69) is 23.9 Å². The Morgan fingerprint density at radius 3 is 2.32 bits per heavy atom. The molecule has 1 unspecified atom stereocenters. The lowest BCUT2D eigenvalue weighted by Crippen LogP contribution is -2.26. The minimum Gasteiger partial charge on any atom is -0.473 e. The number of carboxylic acid groups (broad SMARTS) is 2. The third kappa shape index (κ3) is 6.15.